The molecule has 16 heavy (non-hydrogen) atoms. The Morgan fingerprint density at radius 3 is 2.94 bits per heavy atom. The van der Waals surface area contributed by atoms with Crippen molar-refractivity contribution < 1.29 is 4.79 Å². The Labute approximate surface area is 104 Å². The van der Waals surface area contributed by atoms with Crippen LogP contribution in [0.25, 0.3) is 0 Å². The molecule has 0 saturated carbocycles. The van der Waals surface area contributed by atoms with Crippen molar-refractivity contribution in [2.75, 3.05) is 11.1 Å². The number of benzene rings is 1. The van der Waals surface area contributed by atoms with Gasteiger partial charge in [0.05, 0.1) is 0 Å². The van der Waals surface area contributed by atoms with Crippen LogP contribution in [0.2, 0.25) is 0 Å². The number of aromatic nitrogens is 2. The highest BCUT2D eigenvalue weighted by molar-refractivity contribution is 9.10. The van der Waals surface area contributed by atoms with E-state index >= 15 is 0 Å². The van der Waals surface area contributed by atoms with Crippen molar-refractivity contribution in [1.29, 1.82) is 0 Å². The Hall–Kier alpha value is -1.47. The van der Waals surface area contributed by atoms with Gasteiger partial charge < -0.3 is 5.73 Å². The largest absolute Gasteiger partial charge is 0.398 e. The number of hydrogen-bond donors (Lipinski definition) is 2. The molecule has 0 spiro atoms. The molecular formula is C9H7BrN4OS. The number of nitrogens with one attached hydrogen (secondary N) is 1. The Balaban J connectivity index is 2.18. The molecule has 1 amide bonds. The van der Waals surface area contributed by atoms with Gasteiger partial charge in [-0.05, 0) is 34.1 Å². The molecule has 0 unspecified atom stereocenters. The first-order chi connectivity index (χ1) is 7.66. The standard InChI is InChI=1S/C9H7BrN4OS/c10-6-2-1-5(3-7(6)11)8(15)13-9-14-12-4-16-9/h1-4H,11H2,(H,13,14,15). The smallest absolute Gasteiger partial charge is 0.257 e. The average Bonchev–Trinajstić information content (AvgIpc) is 2.74. The molecule has 82 valence electrons. The highest BCUT2D eigenvalue weighted by atomic mass is 79.9. The van der Waals surface area contributed by atoms with Gasteiger partial charge in [0.2, 0.25) is 5.13 Å². The number of anilines is 2. The fourth-order valence-corrected chi connectivity index (χ4v) is 1.77. The number of nitrogens with two attached hydrogens (primary N) is 1. The lowest BCUT2D eigenvalue weighted by Gasteiger charge is -2.03. The molecule has 1 aromatic carbocycles. The summed E-state index contributed by atoms with van der Waals surface area (Å²) < 4.78 is 0.764. The molecule has 0 aliphatic rings. The maximum absolute atomic E-state index is 11.7. The SMILES string of the molecule is Nc1cc(C(=O)Nc2nncs2)ccc1Br. The molecule has 0 atom stereocenters. The van der Waals surface area contributed by atoms with Gasteiger partial charge in [0.15, 0.2) is 0 Å². The van der Waals surface area contributed by atoms with Gasteiger partial charge in [0.1, 0.15) is 5.51 Å². The van der Waals surface area contributed by atoms with Crippen LogP contribution in [0.1, 0.15) is 10.4 Å². The van der Waals surface area contributed by atoms with Gasteiger partial charge in [0.25, 0.3) is 5.91 Å². The lowest BCUT2D eigenvalue weighted by molar-refractivity contribution is 0.102. The van der Waals surface area contributed by atoms with E-state index in [2.05, 4.69) is 31.4 Å². The van der Waals surface area contributed by atoms with E-state index in [0.29, 0.717) is 16.4 Å². The second-order valence-corrected chi connectivity index (χ2v) is 4.62. The van der Waals surface area contributed by atoms with Crippen molar-refractivity contribution in [3.05, 3.63) is 33.7 Å². The van der Waals surface area contributed by atoms with Crippen LogP contribution in [0.3, 0.4) is 0 Å². The Kier molecular flexibility index (Phi) is 3.16. The van der Waals surface area contributed by atoms with Crippen LogP contribution in [0.5, 0.6) is 0 Å². The minimum absolute atomic E-state index is 0.254. The number of halogens is 1. The highest BCUT2D eigenvalue weighted by Crippen LogP contribution is 2.21. The van der Waals surface area contributed by atoms with Gasteiger partial charge in [-0.3, -0.25) is 10.1 Å². The predicted molar refractivity (Wildman–Crippen MR) is 66.4 cm³/mol. The molecule has 0 aliphatic heterocycles. The molecule has 5 nitrogen and oxygen atoms in total. The van der Waals surface area contributed by atoms with E-state index in [1.54, 1.807) is 23.7 Å². The summed E-state index contributed by atoms with van der Waals surface area (Å²) in [5.41, 5.74) is 8.23. The molecular weight excluding hydrogens is 292 g/mol. The van der Waals surface area contributed by atoms with E-state index < -0.39 is 0 Å². The second-order valence-electron chi connectivity index (χ2n) is 2.93. The number of amides is 1. The lowest BCUT2D eigenvalue weighted by atomic mass is 10.2. The van der Waals surface area contributed by atoms with Crippen molar-refractivity contribution in [3.63, 3.8) is 0 Å². The fraction of sp³-hybridized carbons (Fsp3) is 0. The minimum Gasteiger partial charge on any atom is -0.398 e. The Bertz CT molecular complexity index is 514. The fourth-order valence-electron chi connectivity index (χ4n) is 1.08. The summed E-state index contributed by atoms with van der Waals surface area (Å²) in [5, 5.41) is 10.4. The number of nitrogen functional groups attached to an aromatic ring is 1. The predicted octanol–water partition coefficient (Wildman–Crippen LogP) is 2.14. The molecule has 0 aliphatic carbocycles. The molecule has 1 aromatic heterocycles. The van der Waals surface area contributed by atoms with Crippen LogP contribution in [0.4, 0.5) is 10.8 Å². The first-order valence-corrected chi connectivity index (χ1v) is 5.96. The molecule has 2 aromatic rings. The van der Waals surface area contributed by atoms with Crippen molar-refractivity contribution in [1.82, 2.24) is 10.2 Å². The number of rotatable bonds is 2. The first kappa shape index (κ1) is 11.0. The zero-order valence-corrected chi connectivity index (χ0v) is 10.4. The third-order valence-electron chi connectivity index (χ3n) is 1.84. The average molecular weight is 299 g/mol. The van der Waals surface area contributed by atoms with Crippen LogP contribution in [0, 0.1) is 0 Å². The van der Waals surface area contributed by atoms with Crippen LogP contribution >= 0.6 is 27.3 Å². The summed E-state index contributed by atoms with van der Waals surface area (Å²) in [6, 6.07) is 5.00. The van der Waals surface area contributed by atoms with Crippen molar-refractivity contribution >= 4 is 44.0 Å². The maximum Gasteiger partial charge on any atom is 0.257 e. The normalized spacial score (nSPS) is 10.1. The van der Waals surface area contributed by atoms with Crippen molar-refractivity contribution in [2.45, 2.75) is 0 Å². The Morgan fingerprint density at radius 1 is 1.50 bits per heavy atom. The number of hydrogen-bond acceptors (Lipinski definition) is 5. The van der Waals surface area contributed by atoms with Crippen LogP contribution < -0.4 is 11.1 Å². The summed E-state index contributed by atoms with van der Waals surface area (Å²) in [7, 11) is 0. The van der Waals surface area contributed by atoms with E-state index in [1.807, 2.05) is 0 Å². The molecule has 0 saturated heterocycles. The van der Waals surface area contributed by atoms with Crippen LogP contribution in [-0.4, -0.2) is 16.1 Å². The minimum atomic E-state index is -0.254. The van der Waals surface area contributed by atoms with Crippen LogP contribution in [0.15, 0.2) is 28.2 Å². The topological polar surface area (TPSA) is 80.9 Å². The van der Waals surface area contributed by atoms with Gasteiger partial charge in [-0.1, -0.05) is 11.3 Å². The second kappa shape index (κ2) is 4.58. The van der Waals surface area contributed by atoms with Gasteiger partial charge in [-0.25, -0.2) is 0 Å². The third-order valence-corrected chi connectivity index (χ3v) is 3.17. The van der Waals surface area contributed by atoms with Gasteiger partial charge >= 0.3 is 0 Å². The summed E-state index contributed by atoms with van der Waals surface area (Å²) in [4.78, 5) is 11.7. The van der Waals surface area contributed by atoms with Crippen molar-refractivity contribution in [3.8, 4) is 0 Å². The third kappa shape index (κ3) is 2.37. The monoisotopic (exact) mass is 298 g/mol. The zero-order chi connectivity index (χ0) is 11.5. The quantitative estimate of drug-likeness (QED) is 0.832. The van der Waals surface area contributed by atoms with E-state index in [0.717, 1.165) is 4.47 Å². The van der Waals surface area contributed by atoms with Crippen LogP contribution in [-0.2, 0) is 0 Å². The van der Waals surface area contributed by atoms with E-state index in [-0.39, 0.29) is 5.91 Å². The highest BCUT2D eigenvalue weighted by Gasteiger charge is 2.09. The van der Waals surface area contributed by atoms with E-state index in [9.17, 15) is 4.79 Å². The van der Waals surface area contributed by atoms with Gasteiger partial charge in [-0.15, -0.1) is 10.2 Å². The van der Waals surface area contributed by atoms with Gasteiger partial charge in [0, 0.05) is 15.7 Å². The number of nitrogens with zero attached hydrogens (tertiary/aromatic N) is 2. The molecule has 3 N–H and O–H groups in total. The number of carbonyl (C=O) groups excluding carboxylic acids is 1. The lowest BCUT2D eigenvalue weighted by Crippen LogP contribution is -2.12. The molecule has 0 radical (unpaired) electrons. The molecule has 2 rings (SSSR count). The van der Waals surface area contributed by atoms with E-state index in [4.69, 9.17) is 5.73 Å². The summed E-state index contributed by atoms with van der Waals surface area (Å²) in [6.45, 7) is 0. The molecule has 1 heterocycles. The molecule has 0 fully saturated rings. The van der Waals surface area contributed by atoms with E-state index in [1.165, 1.54) is 11.3 Å². The maximum atomic E-state index is 11.7. The zero-order valence-electron chi connectivity index (χ0n) is 7.98. The summed E-state index contributed by atoms with van der Waals surface area (Å²) in [5.74, 6) is -0.254. The Morgan fingerprint density at radius 2 is 2.31 bits per heavy atom. The van der Waals surface area contributed by atoms with Crippen molar-refractivity contribution in [2.24, 2.45) is 0 Å². The number of carbonyl (C=O) groups is 1. The molecule has 7 heteroatoms. The summed E-state index contributed by atoms with van der Waals surface area (Å²) >= 11 is 4.52. The first-order valence-electron chi connectivity index (χ1n) is 4.29. The van der Waals surface area contributed by atoms with Gasteiger partial charge in [-0.2, -0.15) is 0 Å². The summed E-state index contributed by atoms with van der Waals surface area (Å²) in [6.07, 6.45) is 0. The molecule has 0 bridgehead atoms.